The van der Waals surface area contributed by atoms with Crippen LogP contribution in [0.15, 0.2) is 0 Å². The van der Waals surface area contributed by atoms with E-state index in [1.54, 1.807) is 0 Å². The topological polar surface area (TPSA) is 58.2 Å². The Bertz CT molecular complexity index is 260. The summed E-state index contributed by atoms with van der Waals surface area (Å²) in [5.74, 6) is 0.450. The first-order valence-corrected chi connectivity index (χ1v) is 6.08. The molecule has 0 spiro atoms. The molecule has 1 unspecified atom stereocenters. The van der Waals surface area contributed by atoms with Crippen LogP contribution in [-0.4, -0.2) is 23.9 Å². The number of carbonyl (C=O) groups excluding carboxylic acids is 2. The molecule has 0 aromatic carbocycles. The van der Waals surface area contributed by atoms with E-state index in [9.17, 15) is 9.59 Å². The Hall–Kier alpha value is -1.06. The average Bonchev–Trinajstić information content (AvgIpc) is 2.96. The molecule has 0 aromatic heterocycles. The maximum absolute atomic E-state index is 11.4. The van der Waals surface area contributed by atoms with E-state index in [0.717, 1.165) is 12.8 Å². The van der Waals surface area contributed by atoms with E-state index in [2.05, 4.69) is 10.6 Å². The number of hydrogen-bond donors (Lipinski definition) is 2. The van der Waals surface area contributed by atoms with E-state index >= 15 is 0 Å². The van der Waals surface area contributed by atoms with Gasteiger partial charge in [-0.05, 0) is 40.0 Å². The van der Waals surface area contributed by atoms with Crippen LogP contribution in [0.4, 0.5) is 0 Å². The fraction of sp³-hybridized carbons (Fsp3) is 0.833. The van der Waals surface area contributed by atoms with Gasteiger partial charge in [-0.1, -0.05) is 0 Å². The Balaban J connectivity index is 2.11. The summed E-state index contributed by atoms with van der Waals surface area (Å²) in [6, 6.07) is 0.273. The van der Waals surface area contributed by atoms with Gasteiger partial charge in [0.25, 0.3) is 0 Å². The molecule has 4 heteroatoms. The van der Waals surface area contributed by atoms with Gasteiger partial charge in [0.15, 0.2) is 0 Å². The second-order valence-corrected chi connectivity index (χ2v) is 4.94. The van der Waals surface area contributed by atoms with Crippen LogP contribution < -0.4 is 10.6 Å². The van der Waals surface area contributed by atoms with Gasteiger partial charge in [-0.3, -0.25) is 9.59 Å². The smallest absolute Gasteiger partial charge is 0.223 e. The van der Waals surface area contributed by atoms with Crippen molar-refractivity contribution in [3.63, 3.8) is 0 Å². The lowest BCUT2D eigenvalue weighted by atomic mass is 10.1. The molecule has 2 N–H and O–H groups in total. The third-order valence-electron chi connectivity index (χ3n) is 2.59. The molecule has 0 aliphatic heterocycles. The van der Waals surface area contributed by atoms with Crippen molar-refractivity contribution in [2.24, 2.45) is 5.92 Å². The number of amides is 2. The minimum atomic E-state index is 0.0579. The summed E-state index contributed by atoms with van der Waals surface area (Å²) >= 11 is 0. The SMILES string of the molecule is CC(C)NC(=O)CCC(C)NC(=O)C1CC1. The molecule has 16 heavy (non-hydrogen) atoms. The van der Waals surface area contributed by atoms with Gasteiger partial charge < -0.3 is 10.6 Å². The number of carbonyl (C=O) groups is 2. The Kier molecular flexibility index (Phi) is 4.77. The van der Waals surface area contributed by atoms with Crippen LogP contribution >= 0.6 is 0 Å². The first kappa shape index (κ1) is 13.0. The van der Waals surface area contributed by atoms with Crippen molar-refractivity contribution >= 4 is 11.8 Å². The third-order valence-corrected chi connectivity index (χ3v) is 2.59. The van der Waals surface area contributed by atoms with Gasteiger partial charge in [-0.2, -0.15) is 0 Å². The van der Waals surface area contributed by atoms with Gasteiger partial charge in [0, 0.05) is 24.4 Å². The second-order valence-electron chi connectivity index (χ2n) is 4.94. The summed E-state index contributed by atoms with van der Waals surface area (Å²) in [5, 5.41) is 5.77. The van der Waals surface area contributed by atoms with Gasteiger partial charge in [-0.15, -0.1) is 0 Å². The standard InChI is InChI=1S/C12H22N2O2/c1-8(2)13-11(15)7-4-9(3)14-12(16)10-5-6-10/h8-10H,4-7H2,1-3H3,(H,13,15)(H,14,16). The summed E-state index contributed by atoms with van der Waals surface area (Å²) in [6.45, 7) is 5.83. The summed E-state index contributed by atoms with van der Waals surface area (Å²) in [7, 11) is 0. The summed E-state index contributed by atoms with van der Waals surface area (Å²) in [5.41, 5.74) is 0. The highest BCUT2D eigenvalue weighted by molar-refractivity contribution is 5.81. The van der Waals surface area contributed by atoms with Crippen molar-refractivity contribution in [2.45, 2.75) is 58.5 Å². The Morgan fingerprint density at radius 1 is 1.19 bits per heavy atom. The predicted octanol–water partition coefficient (Wildman–Crippen LogP) is 1.21. The summed E-state index contributed by atoms with van der Waals surface area (Å²) < 4.78 is 0. The molecule has 1 fully saturated rings. The molecule has 1 saturated carbocycles. The van der Waals surface area contributed by atoms with Crippen molar-refractivity contribution < 1.29 is 9.59 Å². The first-order chi connectivity index (χ1) is 7.49. The number of hydrogen-bond acceptors (Lipinski definition) is 2. The Labute approximate surface area is 97.2 Å². The normalized spacial score (nSPS) is 17.0. The molecular formula is C12H22N2O2. The van der Waals surface area contributed by atoms with Gasteiger partial charge in [0.1, 0.15) is 0 Å². The van der Waals surface area contributed by atoms with Crippen LogP contribution in [0.1, 0.15) is 46.5 Å². The summed E-state index contributed by atoms with van der Waals surface area (Å²) in [4.78, 5) is 22.8. The van der Waals surface area contributed by atoms with E-state index in [1.807, 2.05) is 20.8 Å². The Morgan fingerprint density at radius 2 is 1.81 bits per heavy atom. The van der Waals surface area contributed by atoms with E-state index in [0.29, 0.717) is 12.8 Å². The predicted molar refractivity (Wildman–Crippen MR) is 62.8 cm³/mol. The number of nitrogens with one attached hydrogen (secondary N) is 2. The molecule has 0 saturated heterocycles. The molecule has 2 amide bonds. The molecule has 0 bridgehead atoms. The molecule has 0 heterocycles. The van der Waals surface area contributed by atoms with Crippen molar-refractivity contribution in [3.8, 4) is 0 Å². The van der Waals surface area contributed by atoms with Crippen LogP contribution in [0.25, 0.3) is 0 Å². The van der Waals surface area contributed by atoms with Crippen LogP contribution in [-0.2, 0) is 9.59 Å². The lowest BCUT2D eigenvalue weighted by Gasteiger charge is -2.14. The fourth-order valence-corrected chi connectivity index (χ4v) is 1.52. The van der Waals surface area contributed by atoms with Crippen molar-refractivity contribution in [1.82, 2.24) is 10.6 Å². The Morgan fingerprint density at radius 3 is 2.31 bits per heavy atom. The van der Waals surface area contributed by atoms with E-state index in [4.69, 9.17) is 0 Å². The molecule has 1 atom stereocenters. The summed E-state index contributed by atoms with van der Waals surface area (Å²) in [6.07, 6.45) is 3.22. The molecule has 92 valence electrons. The quantitative estimate of drug-likeness (QED) is 0.715. The molecule has 1 aliphatic carbocycles. The number of rotatable bonds is 6. The lowest BCUT2D eigenvalue weighted by Crippen LogP contribution is -2.36. The second kappa shape index (κ2) is 5.87. The highest BCUT2D eigenvalue weighted by Crippen LogP contribution is 2.28. The van der Waals surface area contributed by atoms with Crippen LogP contribution in [0.3, 0.4) is 0 Å². The minimum absolute atomic E-state index is 0.0579. The third kappa shape index (κ3) is 5.14. The van der Waals surface area contributed by atoms with Gasteiger partial charge in [0.05, 0.1) is 0 Å². The molecule has 1 aliphatic rings. The van der Waals surface area contributed by atoms with Crippen LogP contribution in [0, 0.1) is 5.92 Å². The lowest BCUT2D eigenvalue weighted by molar-refractivity contribution is -0.124. The van der Waals surface area contributed by atoms with Crippen molar-refractivity contribution in [2.75, 3.05) is 0 Å². The zero-order valence-corrected chi connectivity index (χ0v) is 10.4. The van der Waals surface area contributed by atoms with Crippen LogP contribution in [0.5, 0.6) is 0 Å². The average molecular weight is 226 g/mol. The zero-order chi connectivity index (χ0) is 12.1. The molecular weight excluding hydrogens is 204 g/mol. The molecule has 0 aromatic rings. The molecule has 4 nitrogen and oxygen atoms in total. The van der Waals surface area contributed by atoms with E-state index in [-0.39, 0.29) is 29.8 Å². The van der Waals surface area contributed by atoms with Crippen molar-refractivity contribution in [1.29, 1.82) is 0 Å². The van der Waals surface area contributed by atoms with E-state index < -0.39 is 0 Å². The van der Waals surface area contributed by atoms with Crippen LogP contribution in [0.2, 0.25) is 0 Å². The largest absolute Gasteiger partial charge is 0.354 e. The molecule has 0 radical (unpaired) electrons. The monoisotopic (exact) mass is 226 g/mol. The van der Waals surface area contributed by atoms with Crippen molar-refractivity contribution in [3.05, 3.63) is 0 Å². The zero-order valence-electron chi connectivity index (χ0n) is 10.4. The maximum Gasteiger partial charge on any atom is 0.223 e. The van der Waals surface area contributed by atoms with Gasteiger partial charge in [-0.25, -0.2) is 0 Å². The molecule has 1 rings (SSSR count). The fourth-order valence-electron chi connectivity index (χ4n) is 1.52. The van der Waals surface area contributed by atoms with Gasteiger partial charge >= 0.3 is 0 Å². The highest BCUT2D eigenvalue weighted by Gasteiger charge is 2.30. The first-order valence-electron chi connectivity index (χ1n) is 6.08. The van der Waals surface area contributed by atoms with Gasteiger partial charge in [0.2, 0.25) is 11.8 Å². The minimum Gasteiger partial charge on any atom is -0.354 e. The highest BCUT2D eigenvalue weighted by atomic mass is 16.2. The van der Waals surface area contributed by atoms with E-state index in [1.165, 1.54) is 0 Å². The maximum atomic E-state index is 11.4.